The van der Waals surface area contributed by atoms with Gasteiger partial charge in [-0.25, -0.2) is 0 Å². The number of fused-ring (bicyclic) bond motifs is 1. The molecule has 0 aliphatic heterocycles. The SMILES string of the molecule is N#Cc1cc(Br)c2c(c1)[C@H](N)CCC2. The van der Waals surface area contributed by atoms with Gasteiger partial charge in [0.15, 0.2) is 0 Å². The Bertz CT molecular complexity index is 406. The van der Waals surface area contributed by atoms with Gasteiger partial charge in [-0.3, -0.25) is 0 Å². The molecule has 0 saturated heterocycles. The third kappa shape index (κ3) is 1.56. The Balaban J connectivity index is 2.58. The summed E-state index contributed by atoms with van der Waals surface area (Å²) >= 11 is 3.49. The molecule has 14 heavy (non-hydrogen) atoms. The molecule has 72 valence electrons. The lowest BCUT2D eigenvalue weighted by Gasteiger charge is -2.23. The molecule has 0 unspecified atom stereocenters. The maximum atomic E-state index is 8.84. The summed E-state index contributed by atoms with van der Waals surface area (Å²) in [6.45, 7) is 0. The minimum absolute atomic E-state index is 0.100. The first-order valence-corrected chi connectivity index (χ1v) is 5.49. The summed E-state index contributed by atoms with van der Waals surface area (Å²) in [6.07, 6.45) is 3.22. The lowest BCUT2D eigenvalue weighted by Crippen LogP contribution is -2.17. The Morgan fingerprint density at radius 3 is 3.00 bits per heavy atom. The van der Waals surface area contributed by atoms with Crippen LogP contribution in [-0.4, -0.2) is 0 Å². The molecule has 1 aliphatic rings. The highest BCUT2D eigenvalue weighted by atomic mass is 79.9. The second-order valence-electron chi connectivity index (χ2n) is 3.64. The average molecular weight is 251 g/mol. The van der Waals surface area contributed by atoms with Crippen LogP contribution in [0.15, 0.2) is 16.6 Å². The van der Waals surface area contributed by atoms with E-state index in [2.05, 4.69) is 22.0 Å². The topological polar surface area (TPSA) is 49.8 Å². The molecule has 2 nitrogen and oxygen atoms in total. The van der Waals surface area contributed by atoms with Crippen molar-refractivity contribution in [1.29, 1.82) is 5.26 Å². The number of hydrogen-bond acceptors (Lipinski definition) is 2. The van der Waals surface area contributed by atoms with Gasteiger partial charge in [-0.1, -0.05) is 15.9 Å². The summed E-state index contributed by atoms with van der Waals surface area (Å²) in [6, 6.07) is 6.05. The third-order valence-corrected chi connectivity index (χ3v) is 3.41. The van der Waals surface area contributed by atoms with Crippen LogP contribution in [0.4, 0.5) is 0 Å². The lowest BCUT2D eigenvalue weighted by molar-refractivity contribution is 0.569. The number of nitriles is 1. The first-order chi connectivity index (χ1) is 6.72. The largest absolute Gasteiger partial charge is 0.324 e. The number of nitrogens with two attached hydrogens (primary N) is 1. The Kier molecular flexibility index (Phi) is 2.58. The van der Waals surface area contributed by atoms with Crippen molar-refractivity contribution >= 4 is 15.9 Å². The average Bonchev–Trinajstić information content (AvgIpc) is 2.19. The van der Waals surface area contributed by atoms with Crippen LogP contribution in [0.25, 0.3) is 0 Å². The standard InChI is InChI=1S/C11H11BrN2/c12-10-5-7(6-13)4-9-8(10)2-1-3-11(9)14/h4-5,11H,1-3,14H2/t11-/m1/s1. The summed E-state index contributed by atoms with van der Waals surface area (Å²) < 4.78 is 1.03. The number of nitrogens with zero attached hydrogens (tertiary/aromatic N) is 1. The zero-order valence-corrected chi connectivity index (χ0v) is 9.34. The van der Waals surface area contributed by atoms with Gasteiger partial charge in [0.05, 0.1) is 11.6 Å². The molecule has 0 saturated carbocycles. The molecule has 2 rings (SSSR count). The minimum Gasteiger partial charge on any atom is -0.324 e. The lowest BCUT2D eigenvalue weighted by atomic mass is 9.87. The van der Waals surface area contributed by atoms with Gasteiger partial charge in [-0.15, -0.1) is 0 Å². The molecule has 0 spiro atoms. The van der Waals surface area contributed by atoms with Crippen LogP contribution in [-0.2, 0) is 6.42 Å². The Hall–Kier alpha value is -0.850. The van der Waals surface area contributed by atoms with Crippen LogP contribution in [0.5, 0.6) is 0 Å². The quantitative estimate of drug-likeness (QED) is 0.770. The molecular weight excluding hydrogens is 240 g/mol. The fourth-order valence-electron chi connectivity index (χ4n) is 1.97. The van der Waals surface area contributed by atoms with Crippen LogP contribution in [0, 0.1) is 11.3 Å². The Morgan fingerprint density at radius 1 is 1.50 bits per heavy atom. The minimum atomic E-state index is 0.100. The van der Waals surface area contributed by atoms with Crippen LogP contribution < -0.4 is 5.73 Å². The van der Waals surface area contributed by atoms with E-state index in [0.29, 0.717) is 5.56 Å². The monoisotopic (exact) mass is 250 g/mol. The summed E-state index contributed by atoms with van der Waals surface area (Å²) in [4.78, 5) is 0. The fraction of sp³-hybridized carbons (Fsp3) is 0.364. The van der Waals surface area contributed by atoms with Crippen LogP contribution in [0.3, 0.4) is 0 Å². The smallest absolute Gasteiger partial charge is 0.0992 e. The van der Waals surface area contributed by atoms with Crippen molar-refractivity contribution in [3.63, 3.8) is 0 Å². The van der Waals surface area contributed by atoms with E-state index >= 15 is 0 Å². The predicted molar refractivity (Wildman–Crippen MR) is 58.7 cm³/mol. The van der Waals surface area contributed by atoms with Gasteiger partial charge in [-0.2, -0.15) is 5.26 Å². The zero-order chi connectivity index (χ0) is 10.1. The van der Waals surface area contributed by atoms with Gasteiger partial charge < -0.3 is 5.73 Å². The van der Waals surface area contributed by atoms with E-state index in [0.717, 1.165) is 29.3 Å². The number of halogens is 1. The molecule has 1 atom stereocenters. The second kappa shape index (κ2) is 3.72. The summed E-state index contributed by atoms with van der Waals surface area (Å²) in [7, 11) is 0. The molecule has 2 N–H and O–H groups in total. The van der Waals surface area contributed by atoms with Gasteiger partial charge in [0.25, 0.3) is 0 Å². The molecule has 0 amide bonds. The highest BCUT2D eigenvalue weighted by molar-refractivity contribution is 9.10. The summed E-state index contributed by atoms with van der Waals surface area (Å²) in [5.41, 5.74) is 9.12. The Morgan fingerprint density at radius 2 is 2.29 bits per heavy atom. The molecule has 0 bridgehead atoms. The van der Waals surface area contributed by atoms with Crippen LogP contribution >= 0.6 is 15.9 Å². The van der Waals surface area contributed by atoms with E-state index in [1.807, 2.05) is 12.1 Å². The molecular formula is C11H11BrN2. The molecule has 0 aromatic heterocycles. The molecule has 0 fully saturated rings. The molecule has 0 radical (unpaired) electrons. The third-order valence-electron chi connectivity index (χ3n) is 2.70. The van der Waals surface area contributed by atoms with E-state index in [9.17, 15) is 0 Å². The van der Waals surface area contributed by atoms with E-state index in [1.165, 1.54) is 5.56 Å². The van der Waals surface area contributed by atoms with Crippen molar-refractivity contribution in [2.45, 2.75) is 25.3 Å². The van der Waals surface area contributed by atoms with Gasteiger partial charge in [0, 0.05) is 10.5 Å². The maximum Gasteiger partial charge on any atom is 0.0992 e. The summed E-state index contributed by atoms with van der Waals surface area (Å²) in [5, 5.41) is 8.84. The molecule has 1 aliphatic carbocycles. The predicted octanol–water partition coefficient (Wildman–Crippen LogP) is 2.66. The van der Waals surface area contributed by atoms with Crippen molar-refractivity contribution in [3.05, 3.63) is 33.3 Å². The van der Waals surface area contributed by atoms with Crippen molar-refractivity contribution in [2.75, 3.05) is 0 Å². The Labute approximate surface area is 91.9 Å². The maximum absolute atomic E-state index is 8.84. The highest BCUT2D eigenvalue weighted by Crippen LogP contribution is 2.33. The first-order valence-electron chi connectivity index (χ1n) is 4.70. The molecule has 3 heteroatoms. The highest BCUT2D eigenvalue weighted by Gasteiger charge is 2.19. The van der Waals surface area contributed by atoms with E-state index in [1.54, 1.807) is 0 Å². The van der Waals surface area contributed by atoms with E-state index in [-0.39, 0.29) is 6.04 Å². The van der Waals surface area contributed by atoms with Crippen molar-refractivity contribution in [3.8, 4) is 6.07 Å². The first kappa shape index (κ1) is 9.70. The molecule has 0 heterocycles. The van der Waals surface area contributed by atoms with Gasteiger partial charge in [0.2, 0.25) is 0 Å². The normalized spacial score (nSPS) is 19.9. The molecule has 1 aromatic rings. The molecule has 1 aromatic carbocycles. The number of rotatable bonds is 0. The van der Waals surface area contributed by atoms with Gasteiger partial charge >= 0.3 is 0 Å². The number of benzene rings is 1. The van der Waals surface area contributed by atoms with Crippen molar-refractivity contribution in [2.24, 2.45) is 5.73 Å². The van der Waals surface area contributed by atoms with Crippen molar-refractivity contribution < 1.29 is 0 Å². The number of hydrogen-bond donors (Lipinski definition) is 1. The fourth-order valence-corrected chi connectivity index (χ4v) is 2.65. The zero-order valence-electron chi connectivity index (χ0n) is 7.76. The van der Waals surface area contributed by atoms with Gasteiger partial charge in [-0.05, 0) is 42.5 Å². The van der Waals surface area contributed by atoms with Crippen LogP contribution in [0.1, 0.15) is 35.6 Å². The second-order valence-corrected chi connectivity index (χ2v) is 4.49. The van der Waals surface area contributed by atoms with Gasteiger partial charge in [0.1, 0.15) is 0 Å². The van der Waals surface area contributed by atoms with E-state index < -0.39 is 0 Å². The summed E-state index contributed by atoms with van der Waals surface area (Å²) in [5.74, 6) is 0. The van der Waals surface area contributed by atoms with E-state index in [4.69, 9.17) is 11.0 Å². The van der Waals surface area contributed by atoms with Crippen molar-refractivity contribution in [1.82, 2.24) is 0 Å². The van der Waals surface area contributed by atoms with Crippen LogP contribution in [0.2, 0.25) is 0 Å².